The molecule has 1 unspecified atom stereocenters. The summed E-state index contributed by atoms with van der Waals surface area (Å²) in [5.41, 5.74) is 1.06. The summed E-state index contributed by atoms with van der Waals surface area (Å²) < 4.78 is 4.84. The largest absolute Gasteiger partial charge is 0.469 e. The lowest BCUT2D eigenvalue weighted by Gasteiger charge is -2.32. The standard InChI is InChI=1S/C14H21N3O2/c1-3-5-12-8-13(16-10-15-12)17-7-4-6-11(9-17)14(18)19-2/h8,10-11H,3-7,9H2,1-2H3. The topological polar surface area (TPSA) is 55.3 Å². The summed E-state index contributed by atoms with van der Waals surface area (Å²) >= 11 is 0. The van der Waals surface area contributed by atoms with E-state index in [1.165, 1.54) is 7.11 Å². The Hall–Kier alpha value is -1.65. The van der Waals surface area contributed by atoms with Crippen LogP contribution in [-0.2, 0) is 16.0 Å². The van der Waals surface area contributed by atoms with E-state index >= 15 is 0 Å². The monoisotopic (exact) mass is 263 g/mol. The number of rotatable bonds is 4. The van der Waals surface area contributed by atoms with Crippen molar-refractivity contribution in [3.05, 3.63) is 18.1 Å². The molecular weight excluding hydrogens is 242 g/mol. The van der Waals surface area contributed by atoms with Gasteiger partial charge in [0, 0.05) is 24.8 Å². The average Bonchev–Trinajstić information content (AvgIpc) is 2.47. The number of nitrogens with zero attached hydrogens (tertiary/aromatic N) is 3. The Kier molecular flexibility index (Phi) is 4.71. The second-order valence-corrected chi connectivity index (χ2v) is 4.93. The van der Waals surface area contributed by atoms with Crippen LogP contribution < -0.4 is 4.90 Å². The van der Waals surface area contributed by atoms with Crippen molar-refractivity contribution in [1.29, 1.82) is 0 Å². The minimum atomic E-state index is -0.118. The number of ether oxygens (including phenoxy) is 1. The highest BCUT2D eigenvalue weighted by atomic mass is 16.5. The quantitative estimate of drug-likeness (QED) is 0.776. The van der Waals surface area contributed by atoms with Gasteiger partial charge in [-0.05, 0) is 19.3 Å². The number of methoxy groups -OCH3 is 1. The van der Waals surface area contributed by atoms with Crippen LogP contribution in [0.2, 0.25) is 0 Å². The van der Waals surface area contributed by atoms with Gasteiger partial charge in [0.25, 0.3) is 0 Å². The van der Waals surface area contributed by atoms with Crippen molar-refractivity contribution in [2.24, 2.45) is 5.92 Å². The molecule has 1 fully saturated rings. The summed E-state index contributed by atoms with van der Waals surface area (Å²) in [6.07, 6.45) is 5.54. The second kappa shape index (κ2) is 6.50. The molecule has 104 valence electrons. The number of hydrogen-bond donors (Lipinski definition) is 0. The molecular formula is C14H21N3O2. The molecule has 0 spiro atoms. The van der Waals surface area contributed by atoms with E-state index in [2.05, 4.69) is 21.8 Å². The molecule has 0 N–H and O–H groups in total. The molecule has 1 aliphatic heterocycles. The molecule has 0 radical (unpaired) electrons. The van der Waals surface area contributed by atoms with Crippen molar-refractivity contribution < 1.29 is 9.53 Å². The summed E-state index contributed by atoms with van der Waals surface area (Å²) in [4.78, 5) is 22.4. The molecule has 0 saturated carbocycles. The van der Waals surface area contributed by atoms with Gasteiger partial charge >= 0.3 is 5.97 Å². The van der Waals surface area contributed by atoms with Crippen LogP contribution in [0.25, 0.3) is 0 Å². The summed E-state index contributed by atoms with van der Waals surface area (Å²) in [5.74, 6) is 0.767. The van der Waals surface area contributed by atoms with Crippen LogP contribution in [0.15, 0.2) is 12.4 Å². The zero-order valence-electron chi connectivity index (χ0n) is 11.6. The van der Waals surface area contributed by atoms with Crippen LogP contribution in [0.4, 0.5) is 5.82 Å². The number of anilines is 1. The van der Waals surface area contributed by atoms with Gasteiger partial charge in [0.15, 0.2) is 0 Å². The number of esters is 1. The Morgan fingerprint density at radius 1 is 1.53 bits per heavy atom. The molecule has 1 atom stereocenters. The molecule has 2 heterocycles. The van der Waals surface area contributed by atoms with Gasteiger partial charge in [0.2, 0.25) is 0 Å². The molecule has 1 aliphatic rings. The fraction of sp³-hybridized carbons (Fsp3) is 0.643. The van der Waals surface area contributed by atoms with Crippen LogP contribution >= 0.6 is 0 Å². The molecule has 5 nitrogen and oxygen atoms in total. The predicted molar refractivity (Wildman–Crippen MR) is 73.0 cm³/mol. The van der Waals surface area contributed by atoms with Crippen LogP contribution in [0.3, 0.4) is 0 Å². The van der Waals surface area contributed by atoms with E-state index < -0.39 is 0 Å². The number of aromatic nitrogens is 2. The maximum absolute atomic E-state index is 11.6. The van der Waals surface area contributed by atoms with Crippen molar-refractivity contribution in [3.8, 4) is 0 Å². The van der Waals surface area contributed by atoms with Gasteiger partial charge in [-0.2, -0.15) is 0 Å². The first-order valence-electron chi connectivity index (χ1n) is 6.88. The first kappa shape index (κ1) is 13.8. The van der Waals surface area contributed by atoms with E-state index in [1.54, 1.807) is 6.33 Å². The van der Waals surface area contributed by atoms with Gasteiger partial charge in [-0.15, -0.1) is 0 Å². The fourth-order valence-corrected chi connectivity index (χ4v) is 2.50. The van der Waals surface area contributed by atoms with Gasteiger partial charge in [0.05, 0.1) is 13.0 Å². The molecule has 0 aliphatic carbocycles. The second-order valence-electron chi connectivity index (χ2n) is 4.93. The van der Waals surface area contributed by atoms with Gasteiger partial charge in [-0.25, -0.2) is 9.97 Å². The van der Waals surface area contributed by atoms with Crippen LogP contribution in [-0.4, -0.2) is 36.1 Å². The number of piperidine rings is 1. The molecule has 1 aromatic heterocycles. The Labute approximate surface area is 114 Å². The maximum Gasteiger partial charge on any atom is 0.310 e. The molecule has 0 bridgehead atoms. The molecule has 0 amide bonds. The van der Waals surface area contributed by atoms with Crippen molar-refractivity contribution in [2.75, 3.05) is 25.1 Å². The minimum Gasteiger partial charge on any atom is -0.469 e. The molecule has 19 heavy (non-hydrogen) atoms. The third-order valence-corrected chi connectivity index (χ3v) is 3.50. The highest BCUT2D eigenvalue weighted by molar-refractivity contribution is 5.73. The molecule has 1 aromatic rings. The van der Waals surface area contributed by atoms with E-state index in [0.29, 0.717) is 6.54 Å². The molecule has 0 aromatic carbocycles. The normalized spacial score (nSPS) is 19.3. The van der Waals surface area contributed by atoms with Crippen LogP contribution in [0, 0.1) is 5.92 Å². The van der Waals surface area contributed by atoms with Gasteiger partial charge in [0.1, 0.15) is 12.1 Å². The van der Waals surface area contributed by atoms with E-state index in [9.17, 15) is 4.79 Å². The maximum atomic E-state index is 11.6. The zero-order valence-corrected chi connectivity index (χ0v) is 11.6. The van der Waals surface area contributed by atoms with Crippen LogP contribution in [0.1, 0.15) is 31.9 Å². The smallest absolute Gasteiger partial charge is 0.310 e. The summed E-state index contributed by atoms with van der Waals surface area (Å²) in [5, 5.41) is 0. The van der Waals surface area contributed by atoms with Crippen molar-refractivity contribution >= 4 is 11.8 Å². The Bertz CT molecular complexity index is 436. The first-order chi connectivity index (χ1) is 9.24. The number of hydrogen-bond acceptors (Lipinski definition) is 5. The summed E-state index contributed by atoms with van der Waals surface area (Å²) in [7, 11) is 1.45. The van der Waals surface area contributed by atoms with Gasteiger partial charge < -0.3 is 9.64 Å². The number of carbonyl (C=O) groups is 1. The number of carbonyl (C=O) groups excluding carboxylic acids is 1. The molecule has 2 rings (SSSR count). The van der Waals surface area contributed by atoms with E-state index in [1.807, 2.05) is 6.07 Å². The lowest BCUT2D eigenvalue weighted by atomic mass is 9.98. The molecule has 1 saturated heterocycles. The third kappa shape index (κ3) is 3.43. The van der Waals surface area contributed by atoms with E-state index in [-0.39, 0.29) is 11.9 Å². The zero-order chi connectivity index (χ0) is 13.7. The molecule has 5 heteroatoms. The lowest BCUT2D eigenvalue weighted by Crippen LogP contribution is -2.39. The Morgan fingerprint density at radius 3 is 3.11 bits per heavy atom. The Balaban J connectivity index is 2.08. The van der Waals surface area contributed by atoms with Crippen molar-refractivity contribution in [3.63, 3.8) is 0 Å². The predicted octanol–water partition coefficient (Wildman–Crippen LogP) is 1.82. The van der Waals surface area contributed by atoms with Crippen molar-refractivity contribution in [1.82, 2.24) is 9.97 Å². The van der Waals surface area contributed by atoms with E-state index in [0.717, 1.165) is 43.7 Å². The average molecular weight is 263 g/mol. The van der Waals surface area contributed by atoms with Crippen LogP contribution in [0.5, 0.6) is 0 Å². The summed E-state index contributed by atoms with van der Waals surface area (Å²) in [6.45, 7) is 3.77. The summed E-state index contributed by atoms with van der Waals surface area (Å²) in [6, 6.07) is 2.03. The van der Waals surface area contributed by atoms with Crippen molar-refractivity contribution in [2.45, 2.75) is 32.6 Å². The first-order valence-corrected chi connectivity index (χ1v) is 6.88. The third-order valence-electron chi connectivity index (χ3n) is 3.50. The SMILES string of the molecule is CCCc1cc(N2CCCC(C(=O)OC)C2)ncn1. The highest BCUT2D eigenvalue weighted by Gasteiger charge is 2.27. The van der Waals surface area contributed by atoms with E-state index in [4.69, 9.17) is 4.74 Å². The number of aryl methyl sites for hydroxylation is 1. The Morgan fingerprint density at radius 2 is 2.37 bits per heavy atom. The highest BCUT2D eigenvalue weighted by Crippen LogP contribution is 2.22. The van der Waals surface area contributed by atoms with Gasteiger partial charge in [-0.3, -0.25) is 4.79 Å². The van der Waals surface area contributed by atoms with Gasteiger partial charge in [-0.1, -0.05) is 13.3 Å². The lowest BCUT2D eigenvalue weighted by molar-refractivity contribution is -0.145. The fourth-order valence-electron chi connectivity index (χ4n) is 2.50. The minimum absolute atomic E-state index is 0.0386.